The van der Waals surface area contributed by atoms with Crippen LogP contribution in [-0.2, 0) is 9.53 Å². The summed E-state index contributed by atoms with van der Waals surface area (Å²) < 4.78 is 6.50. The van der Waals surface area contributed by atoms with Crippen LogP contribution in [0.15, 0.2) is 0 Å². The first-order valence-corrected chi connectivity index (χ1v) is 7.49. The summed E-state index contributed by atoms with van der Waals surface area (Å²) in [6.07, 6.45) is 5.13. The molecule has 5 atom stereocenters. The Kier molecular flexibility index (Phi) is 1.73. The Morgan fingerprint density at radius 1 is 1.17 bits per heavy atom. The third kappa shape index (κ3) is 0.910. The Labute approximate surface area is 109 Å². The van der Waals surface area contributed by atoms with Crippen LogP contribution in [0.2, 0.25) is 0 Å². The van der Waals surface area contributed by atoms with E-state index in [1.165, 1.54) is 12.8 Å². The lowest BCUT2D eigenvalue weighted by molar-refractivity contribution is -0.125. The number of ketones is 1. The highest BCUT2D eigenvalue weighted by Crippen LogP contribution is 2.81. The van der Waals surface area contributed by atoms with Gasteiger partial charge >= 0.3 is 0 Å². The van der Waals surface area contributed by atoms with Crippen LogP contribution in [0.3, 0.4) is 0 Å². The van der Waals surface area contributed by atoms with Crippen LogP contribution in [0, 0.1) is 22.7 Å². The Morgan fingerprint density at radius 2 is 1.89 bits per heavy atom. The number of ether oxygens (including phenoxy) is 1. The standard InChI is InChI=1S/C16H24O2/c1-10-5-6-12-13(2,3)9-14(4)7-11(17)8-15(10)16(12,14)18-15/h10,12H,5-9H2,1-4H3/t10-,12+,14+,15-,16-/m1/s1. The van der Waals surface area contributed by atoms with Crippen molar-refractivity contribution >= 4 is 5.78 Å². The molecule has 4 rings (SSSR count). The minimum atomic E-state index is -0.0756. The van der Waals surface area contributed by atoms with Crippen molar-refractivity contribution < 1.29 is 9.53 Å². The molecular weight excluding hydrogens is 224 g/mol. The molecule has 1 heterocycles. The number of hydrogen-bond acceptors (Lipinski definition) is 2. The van der Waals surface area contributed by atoms with Crippen LogP contribution in [0.1, 0.15) is 59.8 Å². The zero-order chi connectivity index (χ0) is 13.0. The van der Waals surface area contributed by atoms with Gasteiger partial charge in [-0.3, -0.25) is 4.79 Å². The van der Waals surface area contributed by atoms with Crippen LogP contribution in [0.5, 0.6) is 0 Å². The molecule has 0 N–H and O–H groups in total. The van der Waals surface area contributed by atoms with Gasteiger partial charge in [0.2, 0.25) is 0 Å². The van der Waals surface area contributed by atoms with E-state index in [0.717, 1.165) is 12.8 Å². The summed E-state index contributed by atoms with van der Waals surface area (Å²) in [6.45, 7) is 9.41. The minimum Gasteiger partial charge on any atom is -0.361 e. The molecule has 4 fully saturated rings. The average Bonchev–Trinajstić information content (AvgIpc) is 2.84. The van der Waals surface area contributed by atoms with Crippen LogP contribution >= 0.6 is 0 Å². The van der Waals surface area contributed by atoms with Crippen molar-refractivity contribution in [3.8, 4) is 0 Å². The summed E-state index contributed by atoms with van der Waals surface area (Å²) in [6, 6.07) is 0. The molecule has 3 aliphatic carbocycles. The Balaban J connectivity index is 1.91. The van der Waals surface area contributed by atoms with Crippen LogP contribution < -0.4 is 0 Å². The second-order valence-corrected chi connectivity index (χ2v) is 8.38. The van der Waals surface area contributed by atoms with Gasteiger partial charge in [0.1, 0.15) is 17.0 Å². The zero-order valence-electron chi connectivity index (χ0n) is 12.0. The summed E-state index contributed by atoms with van der Waals surface area (Å²) >= 11 is 0. The second-order valence-electron chi connectivity index (χ2n) is 8.38. The molecule has 0 radical (unpaired) electrons. The van der Waals surface area contributed by atoms with Gasteiger partial charge in [-0.15, -0.1) is 0 Å². The predicted octanol–water partition coefficient (Wildman–Crippen LogP) is 3.34. The van der Waals surface area contributed by atoms with Gasteiger partial charge < -0.3 is 4.74 Å². The molecule has 1 saturated heterocycles. The average molecular weight is 248 g/mol. The number of carbonyl (C=O) groups excluding carboxylic acids is 1. The lowest BCUT2D eigenvalue weighted by Gasteiger charge is -2.44. The molecule has 18 heavy (non-hydrogen) atoms. The highest BCUT2D eigenvalue weighted by molar-refractivity contribution is 5.84. The predicted molar refractivity (Wildman–Crippen MR) is 69.2 cm³/mol. The molecule has 0 unspecified atom stereocenters. The van der Waals surface area contributed by atoms with Gasteiger partial charge in [-0.25, -0.2) is 0 Å². The Morgan fingerprint density at radius 3 is 2.61 bits per heavy atom. The molecule has 2 heteroatoms. The van der Waals surface area contributed by atoms with Crippen LogP contribution in [0.4, 0.5) is 0 Å². The largest absolute Gasteiger partial charge is 0.361 e. The second kappa shape index (κ2) is 2.72. The van der Waals surface area contributed by atoms with E-state index in [-0.39, 0.29) is 16.6 Å². The van der Waals surface area contributed by atoms with Crippen molar-refractivity contribution in [1.29, 1.82) is 0 Å². The number of rotatable bonds is 0. The first-order chi connectivity index (χ1) is 8.28. The van der Waals surface area contributed by atoms with Gasteiger partial charge in [0.15, 0.2) is 0 Å². The van der Waals surface area contributed by atoms with E-state index in [1.807, 2.05) is 0 Å². The van der Waals surface area contributed by atoms with E-state index in [9.17, 15) is 4.79 Å². The van der Waals surface area contributed by atoms with Gasteiger partial charge in [0.05, 0.1) is 0 Å². The summed E-state index contributed by atoms with van der Waals surface area (Å²) in [7, 11) is 0. The van der Waals surface area contributed by atoms with Crippen molar-refractivity contribution in [2.24, 2.45) is 22.7 Å². The number of carbonyl (C=O) groups is 1. The summed E-state index contributed by atoms with van der Waals surface area (Å²) in [5.41, 5.74) is 0.412. The number of epoxide rings is 1. The number of Topliss-reactive ketones (excluding diaryl/α,β-unsaturated/α-hetero) is 1. The van der Waals surface area contributed by atoms with Gasteiger partial charge in [0.25, 0.3) is 0 Å². The maximum Gasteiger partial charge on any atom is 0.136 e. The van der Waals surface area contributed by atoms with E-state index < -0.39 is 0 Å². The highest BCUT2D eigenvalue weighted by atomic mass is 16.6. The molecular formula is C16H24O2. The molecule has 0 aromatic carbocycles. The van der Waals surface area contributed by atoms with Gasteiger partial charge in [-0.2, -0.15) is 0 Å². The summed E-state index contributed by atoms with van der Waals surface area (Å²) in [5, 5.41) is 0. The van der Waals surface area contributed by atoms with Crippen LogP contribution in [-0.4, -0.2) is 17.0 Å². The Hall–Kier alpha value is -0.370. The molecule has 3 saturated carbocycles. The van der Waals surface area contributed by atoms with Crippen LogP contribution in [0.25, 0.3) is 0 Å². The maximum atomic E-state index is 12.2. The third-order valence-corrected chi connectivity index (χ3v) is 6.84. The quantitative estimate of drug-likeness (QED) is 0.615. The van der Waals surface area contributed by atoms with E-state index in [2.05, 4.69) is 27.7 Å². The van der Waals surface area contributed by atoms with Crippen molar-refractivity contribution in [2.75, 3.05) is 0 Å². The third-order valence-electron chi connectivity index (χ3n) is 6.84. The highest BCUT2D eigenvalue weighted by Gasteiger charge is 2.88. The molecule has 0 aromatic heterocycles. The first-order valence-electron chi connectivity index (χ1n) is 7.49. The molecule has 4 aliphatic rings. The van der Waals surface area contributed by atoms with Gasteiger partial charge in [0, 0.05) is 18.3 Å². The molecule has 1 spiro atoms. The molecule has 0 bridgehead atoms. The van der Waals surface area contributed by atoms with Crippen molar-refractivity contribution in [3.05, 3.63) is 0 Å². The smallest absolute Gasteiger partial charge is 0.136 e. The molecule has 0 amide bonds. The normalized spacial score (nSPS) is 60.1. The summed E-state index contributed by atoms with van der Waals surface area (Å²) in [5.74, 6) is 1.67. The van der Waals surface area contributed by atoms with Crippen molar-refractivity contribution in [3.63, 3.8) is 0 Å². The van der Waals surface area contributed by atoms with Gasteiger partial charge in [-0.1, -0.05) is 27.7 Å². The van der Waals surface area contributed by atoms with E-state index in [0.29, 0.717) is 29.5 Å². The summed E-state index contributed by atoms with van der Waals surface area (Å²) in [4.78, 5) is 12.2. The molecule has 1 aliphatic heterocycles. The van der Waals surface area contributed by atoms with E-state index in [1.54, 1.807) is 0 Å². The molecule has 0 aromatic rings. The monoisotopic (exact) mass is 248 g/mol. The fourth-order valence-corrected chi connectivity index (χ4v) is 6.53. The fourth-order valence-electron chi connectivity index (χ4n) is 6.53. The fraction of sp³-hybridized carbons (Fsp3) is 0.938. The number of hydrogen-bond donors (Lipinski definition) is 0. The van der Waals surface area contributed by atoms with Gasteiger partial charge in [-0.05, 0) is 36.5 Å². The van der Waals surface area contributed by atoms with E-state index >= 15 is 0 Å². The zero-order valence-corrected chi connectivity index (χ0v) is 12.0. The van der Waals surface area contributed by atoms with Crippen molar-refractivity contribution in [1.82, 2.24) is 0 Å². The lowest BCUT2D eigenvalue weighted by Crippen LogP contribution is -2.53. The molecule has 100 valence electrons. The van der Waals surface area contributed by atoms with Crippen molar-refractivity contribution in [2.45, 2.75) is 71.0 Å². The molecule has 2 nitrogen and oxygen atoms in total. The SMILES string of the molecule is C[C@@H]1CC[C@H]2C(C)(C)C[C@]3(C)CC(=O)C[C@@]14O[C@]234. The topological polar surface area (TPSA) is 29.6 Å². The lowest BCUT2D eigenvalue weighted by atomic mass is 9.55. The Bertz CT molecular complexity index is 442. The minimum absolute atomic E-state index is 0.0507. The maximum absolute atomic E-state index is 12.2. The van der Waals surface area contributed by atoms with E-state index in [4.69, 9.17) is 4.74 Å². The first kappa shape index (κ1) is 11.5.